The summed E-state index contributed by atoms with van der Waals surface area (Å²) in [5.41, 5.74) is 0.595. The molecule has 4 atom stereocenters. The van der Waals surface area contributed by atoms with E-state index in [1.165, 1.54) is 6.92 Å². The number of hydrogen-bond donors (Lipinski definition) is 2. The molecule has 2 aliphatic rings. The predicted octanol–water partition coefficient (Wildman–Crippen LogP) is 4.21. The smallest absolute Gasteiger partial charge is 0.327 e. The molecular weight excluding hydrogens is 434 g/mol. The largest absolute Gasteiger partial charge is 0.451 e. The van der Waals surface area contributed by atoms with E-state index in [4.69, 9.17) is 4.74 Å². The lowest BCUT2D eigenvalue weighted by Crippen LogP contribution is -2.54. The van der Waals surface area contributed by atoms with Crippen molar-refractivity contribution in [3.63, 3.8) is 0 Å². The fourth-order valence-electron chi connectivity index (χ4n) is 5.56. The van der Waals surface area contributed by atoms with Gasteiger partial charge in [0.25, 0.3) is 11.8 Å². The number of esters is 1. The number of nitrogens with one attached hydrogen (secondary N) is 2. The van der Waals surface area contributed by atoms with Crippen LogP contribution < -0.4 is 10.6 Å². The molecule has 1 aromatic rings. The fraction of sp³-hybridized carbons (Fsp3) is 0.615. The minimum atomic E-state index is -1.08. The molecule has 1 saturated heterocycles. The second-order valence-electron chi connectivity index (χ2n) is 10.8. The quantitative estimate of drug-likeness (QED) is 0.458. The van der Waals surface area contributed by atoms with Gasteiger partial charge >= 0.3 is 12.0 Å². The molecule has 0 radical (unpaired) electrons. The minimum absolute atomic E-state index is 0.102. The molecule has 2 N–H and O–H groups in total. The number of imide groups is 1. The first-order chi connectivity index (χ1) is 15.9. The van der Waals surface area contributed by atoms with E-state index < -0.39 is 42.0 Å². The summed E-state index contributed by atoms with van der Waals surface area (Å²) in [5, 5.41) is 5.67. The lowest BCUT2D eigenvalue weighted by atomic mass is 9.64. The Morgan fingerprint density at radius 3 is 2.53 bits per heavy atom. The van der Waals surface area contributed by atoms with Gasteiger partial charge < -0.3 is 15.4 Å². The van der Waals surface area contributed by atoms with Crippen molar-refractivity contribution in [2.45, 2.75) is 84.8 Å². The number of nitrogens with zero attached hydrogens (tertiary/aromatic N) is 1. The summed E-state index contributed by atoms with van der Waals surface area (Å²) >= 11 is 0. The summed E-state index contributed by atoms with van der Waals surface area (Å²) in [4.78, 5) is 52.0. The van der Waals surface area contributed by atoms with Crippen molar-refractivity contribution in [3.05, 3.63) is 29.8 Å². The van der Waals surface area contributed by atoms with Gasteiger partial charge in [-0.1, -0.05) is 52.8 Å². The molecule has 1 spiro atoms. The predicted molar refractivity (Wildman–Crippen MR) is 129 cm³/mol. The lowest BCUT2D eigenvalue weighted by Gasteiger charge is -2.43. The van der Waals surface area contributed by atoms with Crippen LogP contribution in [0.15, 0.2) is 24.3 Å². The maximum atomic E-state index is 13.2. The Morgan fingerprint density at radius 2 is 1.88 bits per heavy atom. The van der Waals surface area contributed by atoms with Crippen LogP contribution in [0.5, 0.6) is 0 Å². The number of carbonyl (C=O) groups excluding carboxylic acids is 4. The third-order valence-corrected chi connectivity index (χ3v) is 6.95. The lowest BCUT2D eigenvalue weighted by molar-refractivity contribution is -0.155. The summed E-state index contributed by atoms with van der Waals surface area (Å²) in [5.74, 6) is -1.15. The summed E-state index contributed by atoms with van der Waals surface area (Å²) in [7, 11) is 0. The first kappa shape index (κ1) is 25.7. The van der Waals surface area contributed by atoms with Crippen molar-refractivity contribution in [1.29, 1.82) is 0 Å². The van der Waals surface area contributed by atoms with Crippen molar-refractivity contribution in [2.24, 2.45) is 11.3 Å². The molecule has 1 saturated carbocycles. The summed E-state index contributed by atoms with van der Waals surface area (Å²) < 4.78 is 5.28. The molecule has 8 heteroatoms. The highest BCUT2D eigenvalue weighted by Crippen LogP contribution is 2.46. The van der Waals surface area contributed by atoms with E-state index in [1.54, 1.807) is 0 Å². The van der Waals surface area contributed by atoms with Gasteiger partial charge in [0.2, 0.25) is 0 Å². The minimum Gasteiger partial charge on any atom is -0.451 e. The topological polar surface area (TPSA) is 105 Å². The number of carbonyl (C=O) groups is 4. The molecule has 186 valence electrons. The molecule has 1 aromatic carbocycles. The van der Waals surface area contributed by atoms with Gasteiger partial charge in [0.15, 0.2) is 6.10 Å². The number of amides is 4. The van der Waals surface area contributed by atoms with Gasteiger partial charge in [0.1, 0.15) is 12.1 Å². The van der Waals surface area contributed by atoms with E-state index in [1.807, 2.05) is 24.3 Å². The van der Waals surface area contributed by atoms with Crippen molar-refractivity contribution in [1.82, 2.24) is 10.2 Å². The molecule has 1 heterocycles. The Kier molecular flexibility index (Phi) is 7.38. The third kappa shape index (κ3) is 5.42. The van der Waals surface area contributed by atoms with Crippen LogP contribution in [0.3, 0.4) is 0 Å². The average Bonchev–Trinajstić information content (AvgIpc) is 2.95. The summed E-state index contributed by atoms with van der Waals surface area (Å²) in [6.07, 6.45) is 1.87. The molecule has 34 heavy (non-hydrogen) atoms. The summed E-state index contributed by atoms with van der Waals surface area (Å²) in [6, 6.07) is 6.93. The van der Waals surface area contributed by atoms with E-state index in [9.17, 15) is 19.2 Å². The Bertz CT molecular complexity index is 975. The Labute approximate surface area is 201 Å². The number of urea groups is 1. The van der Waals surface area contributed by atoms with Crippen LogP contribution in [0.1, 0.15) is 78.7 Å². The van der Waals surface area contributed by atoms with Crippen LogP contribution in [0.25, 0.3) is 0 Å². The number of para-hydroxylation sites is 1. The van der Waals surface area contributed by atoms with Crippen LogP contribution in [0.4, 0.5) is 10.5 Å². The maximum Gasteiger partial charge on any atom is 0.327 e. The molecule has 1 aliphatic heterocycles. The van der Waals surface area contributed by atoms with Crippen molar-refractivity contribution < 1.29 is 23.9 Å². The van der Waals surface area contributed by atoms with Crippen LogP contribution in [0.2, 0.25) is 0 Å². The zero-order valence-electron chi connectivity index (χ0n) is 21.1. The van der Waals surface area contributed by atoms with Gasteiger partial charge in [-0.2, -0.15) is 0 Å². The highest BCUT2D eigenvalue weighted by Gasteiger charge is 2.56. The molecule has 3 rings (SSSR count). The van der Waals surface area contributed by atoms with Gasteiger partial charge in [-0.3, -0.25) is 19.3 Å². The number of benzene rings is 1. The van der Waals surface area contributed by atoms with E-state index in [0.29, 0.717) is 18.5 Å². The molecule has 1 aliphatic carbocycles. The molecule has 0 aromatic heterocycles. The van der Waals surface area contributed by atoms with Crippen LogP contribution in [0, 0.1) is 11.3 Å². The Morgan fingerprint density at radius 1 is 1.21 bits per heavy atom. The molecule has 8 nitrogen and oxygen atoms in total. The molecule has 0 bridgehead atoms. The standard InChI is InChI=1S/C26H37N3O5/c1-7-17(3)19-10-8-9-11-20(19)27-22(31)18(4)34-21(30)14-29-23(32)26(28-24(29)33)13-16(2)12-25(5,6)15-26/h8-11,16-18H,7,12-15H2,1-6H3,(H,27,31)(H,28,33). The van der Waals surface area contributed by atoms with Crippen LogP contribution in [-0.2, 0) is 19.1 Å². The maximum absolute atomic E-state index is 13.2. The zero-order chi connectivity index (χ0) is 25.3. The van der Waals surface area contributed by atoms with Crippen molar-refractivity contribution in [2.75, 3.05) is 11.9 Å². The Balaban J connectivity index is 1.62. The van der Waals surface area contributed by atoms with E-state index >= 15 is 0 Å². The number of hydrogen-bond acceptors (Lipinski definition) is 5. The monoisotopic (exact) mass is 471 g/mol. The SMILES string of the molecule is CCC(C)c1ccccc1NC(=O)C(C)OC(=O)CN1C(=O)NC2(CC(C)CC(C)(C)C2)C1=O. The number of rotatable bonds is 7. The second kappa shape index (κ2) is 9.76. The molecule has 4 amide bonds. The molecule has 4 unspecified atom stereocenters. The van der Waals surface area contributed by atoms with Gasteiger partial charge in [-0.25, -0.2) is 4.79 Å². The third-order valence-electron chi connectivity index (χ3n) is 6.95. The first-order valence-electron chi connectivity index (χ1n) is 12.1. The average molecular weight is 472 g/mol. The molecule has 2 fully saturated rings. The highest BCUT2D eigenvalue weighted by molar-refractivity contribution is 6.09. The van der Waals surface area contributed by atoms with Crippen LogP contribution >= 0.6 is 0 Å². The highest BCUT2D eigenvalue weighted by atomic mass is 16.5. The van der Waals surface area contributed by atoms with Crippen LogP contribution in [-0.4, -0.2) is 46.9 Å². The van der Waals surface area contributed by atoms with Crippen molar-refractivity contribution >= 4 is 29.5 Å². The zero-order valence-corrected chi connectivity index (χ0v) is 21.1. The van der Waals surface area contributed by atoms with Gasteiger partial charge in [-0.15, -0.1) is 0 Å². The van der Waals surface area contributed by atoms with E-state index in [-0.39, 0.29) is 17.3 Å². The summed E-state index contributed by atoms with van der Waals surface area (Å²) in [6.45, 7) is 11.3. The van der Waals surface area contributed by atoms with E-state index in [0.717, 1.165) is 23.3 Å². The van der Waals surface area contributed by atoms with E-state index in [2.05, 4.69) is 45.3 Å². The van der Waals surface area contributed by atoms with Gasteiger partial charge in [0.05, 0.1) is 0 Å². The van der Waals surface area contributed by atoms with Gasteiger partial charge in [-0.05, 0) is 61.5 Å². The van der Waals surface area contributed by atoms with Gasteiger partial charge in [0, 0.05) is 5.69 Å². The second-order valence-corrected chi connectivity index (χ2v) is 10.8. The fourth-order valence-corrected chi connectivity index (χ4v) is 5.56. The molecular formula is C26H37N3O5. The Hall–Kier alpha value is -2.90. The normalized spacial score (nSPS) is 25.6. The number of ether oxygens (including phenoxy) is 1. The first-order valence-corrected chi connectivity index (χ1v) is 12.1. The number of anilines is 1. The van der Waals surface area contributed by atoms with Crippen molar-refractivity contribution in [3.8, 4) is 0 Å².